The van der Waals surface area contributed by atoms with Crippen LogP contribution in [0.1, 0.15) is 17.2 Å². The summed E-state index contributed by atoms with van der Waals surface area (Å²) in [5, 5.41) is 3.66. The van der Waals surface area contributed by atoms with Gasteiger partial charge in [0, 0.05) is 14.6 Å². The smallest absolute Gasteiger partial charge is 0.127 e. The van der Waals surface area contributed by atoms with E-state index in [-0.39, 0.29) is 11.9 Å². The van der Waals surface area contributed by atoms with Gasteiger partial charge in [-0.2, -0.15) is 0 Å². The first-order chi connectivity index (χ1) is 9.10. The third-order valence-electron chi connectivity index (χ3n) is 3.04. The van der Waals surface area contributed by atoms with Crippen molar-refractivity contribution in [1.82, 2.24) is 5.32 Å². The predicted octanol–water partition coefficient (Wildman–Crippen LogP) is 4.59. The van der Waals surface area contributed by atoms with E-state index in [1.807, 2.05) is 19.2 Å². The molecule has 0 aliphatic carbocycles. The topological polar surface area (TPSA) is 12.0 Å². The fraction of sp³-hybridized carbons (Fsp3) is 0.200. The van der Waals surface area contributed by atoms with E-state index in [4.69, 9.17) is 11.6 Å². The van der Waals surface area contributed by atoms with Crippen LogP contribution in [-0.4, -0.2) is 7.05 Å². The number of likely N-dealkylation sites (N-methyl/N-ethyl adjacent to an activating group) is 1. The number of nitrogens with one attached hydrogen (secondary N) is 1. The highest BCUT2D eigenvalue weighted by molar-refractivity contribution is 14.1. The monoisotopic (exact) mass is 389 g/mol. The third kappa shape index (κ3) is 3.91. The Bertz CT molecular complexity index is 574. The number of rotatable bonds is 4. The summed E-state index contributed by atoms with van der Waals surface area (Å²) < 4.78 is 15.0. The van der Waals surface area contributed by atoms with Gasteiger partial charge in [-0.25, -0.2) is 4.39 Å². The third-order valence-corrected chi connectivity index (χ3v) is 3.94. The average Bonchev–Trinajstić information content (AvgIpc) is 2.38. The zero-order valence-electron chi connectivity index (χ0n) is 10.5. The summed E-state index contributed by atoms with van der Waals surface area (Å²) in [4.78, 5) is 0. The molecule has 19 heavy (non-hydrogen) atoms. The predicted molar refractivity (Wildman–Crippen MR) is 86.1 cm³/mol. The van der Waals surface area contributed by atoms with Crippen LogP contribution in [0, 0.1) is 9.39 Å². The number of benzene rings is 2. The molecule has 1 unspecified atom stereocenters. The van der Waals surface area contributed by atoms with E-state index >= 15 is 0 Å². The molecule has 2 rings (SSSR count). The van der Waals surface area contributed by atoms with Crippen LogP contribution < -0.4 is 5.32 Å². The van der Waals surface area contributed by atoms with Gasteiger partial charge in [0.15, 0.2) is 0 Å². The first kappa shape index (κ1) is 14.8. The van der Waals surface area contributed by atoms with Crippen molar-refractivity contribution in [3.8, 4) is 0 Å². The summed E-state index contributed by atoms with van der Waals surface area (Å²) in [6.07, 6.45) is 0.597. The van der Waals surface area contributed by atoms with Gasteiger partial charge in [0.25, 0.3) is 0 Å². The van der Waals surface area contributed by atoms with Crippen molar-refractivity contribution in [2.75, 3.05) is 7.05 Å². The molecule has 0 amide bonds. The molecule has 0 bridgehead atoms. The Morgan fingerprint density at radius 2 is 2.05 bits per heavy atom. The fourth-order valence-corrected chi connectivity index (χ4v) is 2.74. The van der Waals surface area contributed by atoms with E-state index in [0.717, 1.165) is 5.56 Å². The normalized spacial score (nSPS) is 12.4. The lowest BCUT2D eigenvalue weighted by atomic mass is 9.99. The molecule has 0 heterocycles. The Balaban J connectivity index is 2.24. The quantitative estimate of drug-likeness (QED) is 0.754. The van der Waals surface area contributed by atoms with E-state index in [0.29, 0.717) is 17.0 Å². The molecule has 0 aromatic heterocycles. The van der Waals surface area contributed by atoms with Crippen LogP contribution >= 0.6 is 34.2 Å². The minimum absolute atomic E-state index is 0.0883. The SMILES string of the molecule is CNC(Cc1ccc(Cl)cc1F)c1cccc(I)c1. The first-order valence-corrected chi connectivity index (χ1v) is 7.42. The van der Waals surface area contributed by atoms with Gasteiger partial charge in [-0.05, 0) is 71.5 Å². The molecule has 1 N–H and O–H groups in total. The molecule has 0 saturated heterocycles. The van der Waals surface area contributed by atoms with Crippen LogP contribution in [0.15, 0.2) is 42.5 Å². The highest BCUT2D eigenvalue weighted by Gasteiger charge is 2.13. The maximum atomic E-state index is 13.8. The van der Waals surface area contributed by atoms with Crippen LogP contribution in [-0.2, 0) is 6.42 Å². The summed E-state index contributed by atoms with van der Waals surface area (Å²) in [5.41, 5.74) is 1.83. The molecule has 0 radical (unpaired) electrons. The van der Waals surface area contributed by atoms with Crippen LogP contribution in [0.4, 0.5) is 4.39 Å². The Morgan fingerprint density at radius 1 is 1.26 bits per heavy atom. The Hall–Kier alpha value is -0.650. The average molecular weight is 390 g/mol. The van der Waals surface area contributed by atoms with Crippen molar-refractivity contribution >= 4 is 34.2 Å². The second-order valence-corrected chi connectivity index (χ2v) is 6.02. The van der Waals surface area contributed by atoms with Gasteiger partial charge in [-0.3, -0.25) is 0 Å². The maximum absolute atomic E-state index is 13.8. The molecule has 100 valence electrons. The molecule has 0 aliphatic heterocycles. The van der Waals surface area contributed by atoms with Gasteiger partial charge in [0.2, 0.25) is 0 Å². The maximum Gasteiger partial charge on any atom is 0.127 e. The zero-order valence-corrected chi connectivity index (χ0v) is 13.4. The van der Waals surface area contributed by atoms with Gasteiger partial charge in [-0.15, -0.1) is 0 Å². The molecule has 2 aromatic rings. The Kier molecular flexibility index (Phi) is 5.19. The van der Waals surface area contributed by atoms with E-state index in [1.54, 1.807) is 12.1 Å². The molecule has 2 aromatic carbocycles. The minimum atomic E-state index is -0.252. The van der Waals surface area contributed by atoms with Gasteiger partial charge in [0.05, 0.1) is 0 Å². The molecular formula is C15H14ClFIN. The van der Waals surface area contributed by atoms with Crippen molar-refractivity contribution < 1.29 is 4.39 Å². The molecule has 0 spiro atoms. The van der Waals surface area contributed by atoms with Gasteiger partial charge < -0.3 is 5.32 Å². The van der Waals surface area contributed by atoms with E-state index < -0.39 is 0 Å². The fourth-order valence-electron chi connectivity index (χ4n) is 2.02. The van der Waals surface area contributed by atoms with Crippen molar-refractivity contribution in [1.29, 1.82) is 0 Å². The largest absolute Gasteiger partial charge is 0.313 e. The van der Waals surface area contributed by atoms with Crippen molar-refractivity contribution in [3.63, 3.8) is 0 Å². The highest BCUT2D eigenvalue weighted by atomic mass is 127. The van der Waals surface area contributed by atoms with Crippen LogP contribution in [0.3, 0.4) is 0 Å². The second-order valence-electron chi connectivity index (χ2n) is 4.34. The standard InChI is InChI=1S/C15H14ClFIN/c1-19-15(11-3-2-4-13(18)7-11)8-10-5-6-12(16)9-14(10)17/h2-7,9,15,19H,8H2,1H3. The molecule has 4 heteroatoms. The Labute approximate surface area is 131 Å². The molecule has 0 aliphatic rings. The number of halogens is 3. The summed E-state index contributed by atoms with van der Waals surface area (Å²) in [7, 11) is 1.89. The molecule has 1 nitrogen and oxygen atoms in total. The zero-order chi connectivity index (χ0) is 13.8. The van der Waals surface area contributed by atoms with Crippen LogP contribution in [0.5, 0.6) is 0 Å². The number of hydrogen-bond acceptors (Lipinski definition) is 1. The molecular weight excluding hydrogens is 376 g/mol. The van der Waals surface area contributed by atoms with Gasteiger partial charge in [-0.1, -0.05) is 29.8 Å². The first-order valence-electron chi connectivity index (χ1n) is 5.97. The Morgan fingerprint density at radius 3 is 2.68 bits per heavy atom. The molecule has 0 saturated carbocycles. The van der Waals surface area contributed by atoms with Crippen molar-refractivity contribution in [3.05, 3.63) is 68.0 Å². The van der Waals surface area contributed by atoms with E-state index in [2.05, 4.69) is 40.0 Å². The number of hydrogen-bond donors (Lipinski definition) is 1. The summed E-state index contributed by atoms with van der Waals surface area (Å²) in [6, 6.07) is 13.1. The second kappa shape index (κ2) is 6.68. The summed E-state index contributed by atoms with van der Waals surface area (Å²) in [6.45, 7) is 0. The van der Waals surface area contributed by atoms with Gasteiger partial charge >= 0.3 is 0 Å². The van der Waals surface area contributed by atoms with E-state index in [1.165, 1.54) is 9.64 Å². The van der Waals surface area contributed by atoms with E-state index in [9.17, 15) is 4.39 Å². The van der Waals surface area contributed by atoms with Crippen molar-refractivity contribution in [2.24, 2.45) is 0 Å². The van der Waals surface area contributed by atoms with Gasteiger partial charge in [0.1, 0.15) is 5.82 Å². The molecule has 0 fully saturated rings. The lowest BCUT2D eigenvalue weighted by Gasteiger charge is -2.17. The summed E-state index contributed by atoms with van der Waals surface area (Å²) in [5.74, 6) is -0.252. The van der Waals surface area contributed by atoms with Crippen LogP contribution in [0.25, 0.3) is 0 Å². The highest BCUT2D eigenvalue weighted by Crippen LogP contribution is 2.23. The van der Waals surface area contributed by atoms with Crippen molar-refractivity contribution in [2.45, 2.75) is 12.5 Å². The lowest BCUT2D eigenvalue weighted by Crippen LogP contribution is -2.19. The van der Waals surface area contributed by atoms with Crippen LogP contribution in [0.2, 0.25) is 5.02 Å². The lowest BCUT2D eigenvalue weighted by molar-refractivity contribution is 0.554. The summed E-state index contributed by atoms with van der Waals surface area (Å²) >= 11 is 8.05. The molecule has 1 atom stereocenters. The minimum Gasteiger partial charge on any atom is -0.313 e.